The Morgan fingerprint density at radius 2 is 1.93 bits per heavy atom. The SMILES string of the molecule is Cc1ccc(S(=O)(=O)n2cccc2C2SCC(=O)N2CCCn2ccnc2)cc1. The third-order valence-electron chi connectivity index (χ3n) is 4.92. The van der Waals surface area contributed by atoms with Crippen LogP contribution in [0.5, 0.6) is 0 Å². The van der Waals surface area contributed by atoms with Crippen LogP contribution in [0.25, 0.3) is 0 Å². The van der Waals surface area contributed by atoms with Gasteiger partial charge in [-0.05, 0) is 37.6 Å². The lowest BCUT2D eigenvalue weighted by molar-refractivity contribution is -0.128. The van der Waals surface area contributed by atoms with Crippen molar-refractivity contribution in [3.8, 4) is 0 Å². The Morgan fingerprint density at radius 3 is 2.66 bits per heavy atom. The zero-order valence-electron chi connectivity index (χ0n) is 16.0. The zero-order valence-corrected chi connectivity index (χ0v) is 17.6. The normalized spacial score (nSPS) is 17.2. The van der Waals surface area contributed by atoms with E-state index in [1.165, 1.54) is 15.7 Å². The molecule has 0 N–H and O–H groups in total. The summed E-state index contributed by atoms with van der Waals surface area (Å²) in [5, 5.41) is -0.319. The minimum atomic E-state index is -3.72. The smallest absolute Gasteiger partial charge is 0.267 e. The molecule has 0 saturated carbocycles. The van der Waals surface area contributed by atoms with Crippen molar-refractivity contribution in [2.75, 3.05) is 12.3 Å². The lowest BCUT2D eigenvalue weighted by Gasteiger charge is -2.25. The molecular formula is C20H22N4O3S2. The van der Waals surface area contributed by atoms with Crippen LogP contribution >= 0.6 is 11.8 Å². The van der Waals surface area contributed by atoms with Crippen LogP contribution in [0.1, 0.15) is 23.1 Å². The summed E-state index contributed by atoms with van der Waals surface area (Å²) < 4.78 is 29.6. The monoisotopic (exact) mass is 430 g/mol. The first-order valence-corrected chi connectivity index (χ1v) is 11.8. The molecule has 1 saturated heterocycles. The molecule has 9 heteroatoms. The first-order chi connectivity index (χ1) is 14.0. The zero-order chi connectivity index (χ0) is 20.4. The van der Waals surface area contributed by atoms with Gasteiger partial charge in [-0.25, -0.2) is 17.4 Å². The lowest BCUT2D eigenvalue weighted by atomic mass is 10.2. The summed E-state index contributed by atoms with van der Waals surface area (Å²) in [6, 6.07) is 10.3. The highest BCUT2D eigenvalue weighted by Gasteiger charge is 2.36. The number of amides is 1. The molecule has 1 atom stereocenters. The van der Waals surface area contributed by atoms with Crippen LogP contribution in [0.4, 0.5) is 0 Å². The molecule has 0 radical (unpaired) electrons. The molecule has 7 nitrogen and oxygen atoms in total. The Bertz CT molecular complexity index is 1090. The summed E-state index contributed by atoms with van der Waals surface area (Å²) in [5.74, 6) is 0.386. The van der Waals surface area contributed by atoms with Crippen LogP contribution in [0.2, 0.25) is 0 Å². The molecule has 1 unspecified atom stereocenters. The number of carbonyl (C=O) groups excluding carboxylic acids is 1. The van der Waals surface area contributed by atoms with E-state index < -0.39 is 10.0 Å². The van der Waals surface area contributed by atoms with Crippen LogP contribution in [0.3, 0.4) is 0 Å². The van der Waals surface area contributed by atoms with Gasteiger partial charge in [0, 0.05) is 31.7 Å². The minimum Gasteiger partial charge on any atom is -0.337 e. The fraction of sp³-hybridized carbons (Fsp3) is 0.300. The molecule has 2 aromatic heterocycles. The molecule has 3 aromatic rings. The summed E-state index contributed by atoms with van der Waals surface area (Å²) >= 11 is 1.46. The third kappa shape index (κ3) is 3.97. The van der Waals surface area contributed by atoms with E-state index in [1.807, 2.05) is 17.7 Å². The molecule has 1 fully saturated rings. The predicted molar refractivity (Wildman–Crippen MR) is 112 cm³/mol. The fourth-order valence-corrected chi connectivity index (χ4v) is 6.07. The molecule has 3 heterocycles. The van der Waals surface area contributed by atoms with Crippen LogP contribution in [-0.4, -0.2) is 45.0 Å². The van der Waals surface area contributed by atoms with Crippen molar-refractivity contribution in [1.82, 2.24) is 18.4 Å². The Morgan fingerprint density at radius 1 is 1.14 bits per heavy atom. The van der Waals surface area contributed by atoms with Gasteiger partial charge in [0.05, 0.1) is 22.7 Å². The molecule has 152 valence electrons. The average molecular weight is 431 g/mol. The van der Waals surface area contributed by atoms with Crippen molar-refractivity contribution in [3.05, 3.63) is 72.6 Å². The van der Waals surface area contributed by atoms with Crippen LogP contribution in [0, 0.1) is 6.92 Å². The van der Waals surface area contributed by atoms with Gasteiger partial charge < -0.3 is 9.47 Å². The van der Waals surface area contributed by atoms with Gasteiger partial charge in [-0.1, -0.05) is 17.7 Å². The molecule has 29 heavy (non-hydrogen) atoms. The Labute approximate surface area is 174 Å². The summed E-state index contributed by atoms with van der Waals surface area (Å²) in [6.07, 6.45) is 7.68. The number of thioether (sulfide) groups is 1. The highest BCUT2D eigenvalue weighted by Crippen LogP contribution is 2.39. The number of hydrogen-bond donors (Lipinski definition) is 0. The summed E-state index contributed by atoms with van der Waals surface area (Å²) in [7, 11) is -3.72. The average Bonchev–Trinajstić information content (AvgIpc) is 3.44. The van der Waals surface area contributed by atoms with Crippen LogP contribution in [0.15, 0.2) is 66.2 Å². The van der Waals surface area contributed by atoms with Crippen molar-refractivity contribution in [2.45, 2.75) is 30.2 Å². The first kappa shape index (κ1) is 19.8. The van der Waals surface area contributed by atoms with Gasteiger partial charge >= 0.3 is 0 Å². The molecule has 4 rings (SSSR count). The van der Waals surface area contributed by atoms with E-state index in [2.05, 4.69) is 4.98 Å². The molecule has 1 amide bonds. The standard InChI is InChI=1S/C20H22N4O3S2/c1-16-5-7-17(8-6-16)29(26,27)24-12-2-4-18(24)20-23(19(25)14-28-20)11-3-10-22-13-9-21-15-22/h2,4-9,12-13,15,20H,3,10-11,14H2,1H3. The predicted octanol–water partition coefficient (Wildman–Crippen LogP) is 2.89. The second-order valence-corrected chi connectivity index (χ2v) is 9.83. The van der Waals surface area contributed by atoms with Gasteiger partial charge in [-0.2, -0.15) is 0 Å². The molecule has 1 aliphatic rings. The van der Waals surface area contributed by atoms with Crippen molar-refractivity contribution in [1.29, 1.82) is 0 Å². The topological polar surface area (TPSA) is 77.2 Å². The number of imidazole rings is 1. The quantitative estimate of drug-likeness (QED) is 0.576. The molecule has 0 spiro atoms. The summed E-state index contributed by atoms with van der Waals surface area (Å²) in [6.45, 7) is 3.23. The van der Waals surface area contributed by atoms with E-state index in [9.17, 15) is 13.2 Å². The number of aryl methyl sites for hydroxylation is 2. The van der Waals surface area contributed by atoms with Gasteiger partial charge in [-0.15, -0.1) is 11.8 Å². The van der Waals surface area contributed by atoms with Crippen LogP contribution in [-0.2, 0) is 21.4 Å². The fourth-order valence-electron chi connectivity index (χ4n) is 3.40. The number of rotatable bonds is 7. The number of hydrogen-bond acceptors (Lipinski definition) is 5. The van der Waals surface area contributed by atoms with E-state index in [-0.39, 0.29) is 16.2 Å². The summed E-state index contributed by atoms with van der Waals surface area (Å²) in [5.41, 5.74) is 1.60. The van der Waals surface area contributed by atoms with Crippen molar-refractivity contribution in [2.24, 2.45) is 0 Å². The van der Waals surface area contributed by atoms with Crippen LogP contribution < -0.4 is 0 Å². The molecular weight excluding hydrogens is 408 g/mol. The second kappa shape index (κ2) is 8.08. The van der Waals surface area contributed by atoms with E-state index in [4.69, 9.17) is 0 Å². The van der Waals surface area contributed by atoms with Crippen molar-refractivity contribution < 1.29 is 13.2 Å². The second-order valence-electron chi connectivity index (χ2n) is 6.95. The van der Waals surface area contributed by atoms with E-state index in [0.29, 0.717) is 18.0 Å². The van der Waals surface area contributed by atoms with E-state index >= 15 is 0 Å². The Balaban J connectivity index is 1.57. The Hall–Kier alpha value is -2.52. The molecule has 1 aromatic carbocycles. The maximum atomic E-state index is 13.2. The highest BCUT2D eigenvalue weighted by molar-refractivity contribution is 8.00. The maximum absolute atomic E-state index is 13.2. The molecule has 0 aliphatic carbocycles. The Kier molecular flexibility index (Phi) is 5.51. The van der Waals surface area contributed by atoms with Crippen molar-refractivity contribution in [3.63, 3.8) is 0 Å². The maximum Gasteiger partial charge on any atom is 0.267 e. The van der Waals surface area contributed by atoms with Gasteiger partial charge in [0.2, 0.25) is 5.91 Å². The lowest BCUT2D eigenvalue weighted by Crippen LogP contribution is -2.31. The van der Waals surface area contributed by atoms with E-state index in [0.717, 1.165) is 18.5 Å². The number of carbonyl (C=O) groups is 1. The van der Waals surface area contributed by atoms with Gasteiger partial charge in [-0.3, -0.25) is 4.79 Å². The number of aromatic nitrogens is 3. The summed E-state index contributed by atoms with van der Waals surface area (Å²) in [4.78, 5) is 18.5. The minimum absolute atomic E-state index is 0.0334. The van der Waals surface area contributed by atoms with E-state index in [1.54, 1.807) is 60.0 Å². The van der Waals surface area contributed by atoms with Crippen molar-refractivity contribution >= 4 is 27.7 Å². The molecule has 0 bridgehead atoms. The van der Waals surface area contributed by atoms with Gasteiger partial charge in [0.25, 0.3) is 10.0 Å². The molecule has 1 aliphatic heterocycles. The third-order valence-corrected chi connectivity index (χ3v) is 7.86. The largest absolute Gasteiger partial charge is 0.337 e. The number of benzene rings is 1. The first-order valence-electron chi connectivity index (χ1n) is 9.33. The number of nitrogens with zero attached hydrogens (tertiary/aromatic N) is 4. The van der Waals surface area contributed by atoms with Gasteiger partial charge in [0.1, 0.15) is 5.37 Å². The highest BCUT2D eigenvalue weighted by atomic mass is 32.2. The van der Waals surface area contributed by atoms with Gasteiger partial charge in [0.15, 0.2) is 0 Å².